The lowest BCUT2D eigenvalue weighted by atomic mass is 10.1. The molecule has 0 radical (unpaired) electrons. The van der Waals surface area contributed by atoms with Crippen molar-refractivity contribution in [3.05, 3.63) is 48.0 Å². The summed E-state index contributed by atoms with van der Waals surface area (Å²) in [5, 5.41) is 5.51. The van der Waals surface area contributed by atoms with Gasteiger partial charge >= 0.3 is 0 Å². The normalized spacial score (nSPS) is 19.8. The summed E-state index contributed by atoms with van der Waals surface area (Å²) >= 11 is 0.257. The fourth-order valence-electron chi connectivity index (χ4n) is 2.64. The number of nitrogens with one attached hydrogen (secondary N) is 3. The summed E-state index contributed by atoms with van der Waals surface area (Å²) in [6, 6.07) is 12.6. The zero-order chi connectivity index (χ0) is 19.0. The van der Waals surface area contributed by atoms with Crippen LogP contribution >= 0.6 is 11.8 Å². The first-order valence-electron chi connectivity index (χ1n) is 8.70. The summed E-state index contributed by atoms with van der Waals surface area (Å²) in [5.74, 6) is -0.325. The van der Waals surface area contributed by atoms with Gasteiger partial charge in [0.25, 0.3) is 5.91 Å². The van der Waals surface area contributed by atoms with Crippen LogP contribution in [0, 0.1) is 0 Å². The summed E-state index contributed by atoms with van der Waals surface area (Å²) in [7, 11) is 0. The standard InChI is InChI=1S/C19H19N3O3S2/c1-11-18(23)21-16-10-12(2-9-17(16)26-11)19(24)20-13-5-7-15(8-6-13)27(25)22-14-3-4-14/h2,5-11,14,22H,3-4H2,1H3,(H,20,24)(H,21,23). The van der Waals surface area contributed by atoms with Crippen molar-refractivity contribution in [2.75, 3.05) is 10.6 Å². The number of amides is 2. The van der Waals surface area contributed by atoms with Gasteiger partial charge < -0.3 is 15.2 Å². The highest BCUT2D eigenvalue weighted by atomic mass is 32.2. The predicted octanol–water partition coefficient (Wildman–Crippen LogP) is 3.15. The molecule has 2 aliphatic rings. The molecule has 3 N–H and O–H groups in total. The van der Waals surface area contributed by atoms with Gasteiger partial charge in [0.2, 0.25) is 5.91 Å². The Morgan fingerprint density at radius 1 is 1.22 bits per heavy atom. The molecule has 2 atom stereocenters. The summed E-state index contributed by atoms with van der Waals surface area (Å²) < 4.78 is 15.2. The highest BCUT2D eigenvalue weighted by molar-refractivity contribution is 8.01. The second-order valence-electron chi connectivity index (χ2n) is 6.60. The highest BCUT2D eigenvalue weighted by Gasteiger charge is 2.27. The van der Waals surface area contributed by atoms with Gasteiger partial charge in [-0.15, -0.1) is 16.5 Å². The molecule has 140 valence electrons. The van der Waals surface area contributed by atoms with E-state index >= 15 is 0 Å². The number of rotatable bonds is 5. The maximum atomic E-state index is 12.5. The molecule has 0 saturated heterocycles. The molecule has 0 bridgehead atoms. The SMILES string of the molecule is CC1Sc2ccc(C(=O)Nc3ccc([S+]([O-])NC4CC4)cc3)cc2NC1=O. The van der Waals surface area contributed by atoms with Gasteiger partial charge in [0, 0.05) is 16.1 Å². The molecule has 27 heavy (non-hydrogen) atoms. The van der Waals surface area contributed by atoms with Crippen molar-refractivity contribution in [1.29, 1.82) is 0 Å². The van der Waals surface area contributed by atoms with E-state index in [0.29, 0.717) is 27.9 Å². The third-order valence-electron chi connectivity index (χ3n) is 4.35. The van der Waals surface area contributed by atoms with Gasteiger partial charge in [-0.1, -0.05) is 0 Å². The molecule has 2 unspecified atom stereocenters. The van der Waals surface area contributed by atoms with Crippen molar-refractivity contribution >= 4 is 46.3 Å². The van der Waals surface area contributed by atoms with Crippen LogP contribution in [-0.2, 0) is 16.2 Å². The largest absolute Gasteiger partial charge is 0.593 e. The van der Waals surface area contributed by atoms with Gasteiger partial charge in [0.1, 0.15) is 0 Å². The molecule has 1 aliphatic carbocycles. The van der Waals surface area contributed by atoms with Crippen molar-refractivity contribution in [3.8, 4) is 0 Å². The Labute approximate surface area is 164 Å². The molecule has 6 nitrogen and oxygen atoms in total. The molecular formula is C19H19N3O3S2. The zero-order valence-electron chi connectivity index (χ0n) is 14.7. The van der Waals surface area contributed by atoms with Crippen LogP contribution < -0.4 is 15.4 Å². The number of carbonyl (C=O) groups is 2. The fourth-order valence-corrected chi connectivity index (χ4v) is 4.62. The minimum absolute atomic E-state index is 0.0616. The third-order valence-corrected chi connectivity index (χ3v) is 6.78. The van der Waals surface area contributed by atoms with Gasteiger partial charge in [-0.05, 0) is 62.2 Å². The predicted molar refractivity (Wildman–Crippen MR) is 107 cm³/mol. The first-order chi connectivity index (χ1) is 13.0. The molecule has 1 aliphatic heterocycles. The maximum absolute atomic E-state index is 12.5. The van der Waals surface area contributed by atoms with Crippen LogP contribution in [0.3, 0.4) is 0 Å². The average molecular weight is 402 g/mol. The Balaban J connectivity index is 1.43. The van der Waals surface area contributed by atoms with Crippen LogP contribution in [0.1, 0.15) is 30.1 Å². The van der Waals surface area contributed by atoms with Crippen LogP contribution in [0.5, 0.6) is 0 Å². The van der Waals surface area contributed by atoms with E-state index in [9.17, 15) is 14.1 Å². The number of carbonyl (C=O) groups excluding carboxylic acids is 2. The number of hydrogen-bond acceptors (Lipinski definition) is 5. The number of fused-ring (bicyclic) bond motifs is 1. The Kier molecular flexibility index (Phi) is 5.14. The van der Waals surface area contributed by atoms with Crippen molar-refractivity contribution in [2.45, 2.75) is 40.8 Å². The Hall–Kier alpha value is -2.00. The van der Waals surface area contributed by atoms with Crippen molar-refractivity contribution < 1.29 is 14.1 Å². The summed E-state index contributed by atoms with van der Waals surface area (Å²) in [6.45, 7) is 1.85. The van der Waals surface area contributed by atoms with Crippen LogP contribution in [0.4, 0.5) is 11.4 Å². The van der Waals surface area contributed by atoms with Gasteiger partial charge in [0.05, 0.1) is 28.3 Å². The molecule has 4 rings (SSSR count). The number of benzene rings is 2. The second-order valence-corrected chi connectivity index (χ2v) is 9.23. The third kappa shape index (κ3) is 4.30. The lowest BCUT2D eigenvalue weighted by Crippen LogP contribution is -2.26. The average Bonchev–Trinajstić information content (AvgIpc) is 3.47. The molecule has 1 saturated carbocycles. The van der Waals surface area contributed by atoms with Gasteiger partial charge in [-0.2, -0.15) is 0 Å². The van der Waals surface area contributed by atoms with Crippen LogP contribution in [0.25, 0.3) is 0 Å². The number of anilines is 2. The fraction of sp³-hybridized carbons (Fsp3) is 0.263. The van der Waals surface area contributed by atoms with E-state index in [1.807, 2.05) is 13.0 Å². The van der Waals surface area contributed by atoms with Crippen molar-refractivity contribution in [1.82, 2.24) is 4.72 Å². The lowest BCUT2D eigenvalue weighted by Gasteiger charge is -2.21. The first kappa shape index (κ1) is 18.4. The van der Waals surface area contributed by atoms with E-state index in [0.717, 1.165) is 17.7 Å². The topological polar surface area (TPSA) is 93.3 Å². The molecule has 2 aromatic rings. The van der Waals surface area contributed by atoms with Gasteiger partial charge in [-0.25, -0.2) is 0 Å². The van der Waals surface area contributed by atoms with E-state index in [1.165, 1.54) is 11.8 Å². The maximum Gasteiger partial charge on any atom is 0.255 e. The minimum atomic E-state index is -1.22. The summed E-state index contributed by atoms with van der Waals surface area (Å²) in [4.78, 5) is 26.0. The molecule has 0 spiro atoms. The molecular weight excluding hydrogens is 382 g/mol. The van der Waals surface area contributed by atoms with E-state index in [4.69, 9.17) is 0 Å². The lowest BCUT2D eigenvalue weighted by molar-refractivity contribution is -0.115. The van der Waals surface area contributed by atoms with E-state index < -0.39 is 11.4 Å². The monoisotopic (exact) mass is 401 g/mol. The van der Waals surface area contributed by atoms with Crippen LogP contribution in [0.2, 0.25) is 0 Å². The van der Waals surface area contributed by atoms with Crippen molar-refractivity contribution in [3.63, 3.8) is 0 Å². The van der Waals surface area contributed by atoms with Crippen LogP contribution in [-0.4, -0.2) is 27.7 Å². The summed E-state index contributed by atoms with van der Waals surface area (Å²) in [5.41, 5.74) is 1.75. The Bertz CT molecular complexity index is 884. The molecule has 1 fully saturated rings. The number of thioether (sulfide) groups is 1. The van der Waals surface area contributed by atoms with Gasteiger partial charge in [-0.3, -0.25) is 9.59 Å². The molecule has 2 aromatic carbocycles. The smallest absolute Gasteiger partial charge is 0.255 e. The molecule has 0 aromatic heterocycles. The second kappa shape index (κ2) is 7.55. The molecule has 2 amide bonds. The Morgan fingerprint density at radius 2 is 1.96 bits per heavy atom. The zero-order valence-corrected chi connectivity index (χ0v) is 16.3. The highest BCUT2D eigenvalue weighted by Crippen LogP contribution is 2.36. The van der Waals surface area contributed by atoms with E-state index in [-0.39, 0.29) is 17.1 Å². The molecule has 1 heterocycles. The Morgan fingerprint density at radius 3 is 2.67 bits per heavy atom. The van der Waals surface area contributed by atoms with Crippen molar-refractivity contribution in [2.24, 2.45) is 0 Å². The quantitative estimate of drug-likeness (QED) is 0.669. The van der Waals surface area contributed by atoms with Gasteiger partial charge in [0.15, 0.2) is 4.90 Å². The first-order valence-corrected chi connectivity index (χ1v) is 10.7. The summed E-state index contributed by atoms with van der Waals surface area (Å²) in [6.07, 6.45) is 2.14. The van der Waals surface area contributed by atoms with E-state index in [2.05, 4.69) is 15.4 Å². The molecule has 8 heteroatoms. The van der Waals surface area contributed by atoms with E-state index in [1.54, 1.807) is 36.4 Å². The van der Waals surface area contributed by atoms with Crippen LogP contribution in [0.15, 0.2) is 52.3 Å². The minimum Gasteiger partial charge on any atom is -0.593 e. The number of hydrogen-bond donors (Lipinski definition) is 3.